The van der Waals surface area contributed by atoms with E-state index in [0.717, 1.165) is 42.7 Å². The second-order valence-electron chi connectivity index (χ2n) is 7.86. The van der Waals surface area contributed by atoms with Crippen molar-refractivity contribution in [1.29, 1.82) is 0 Å². The molecule has 2 N–H and O–H groups in total. The lowest BCUT2D eigenvalue weighted by Crippen LogP contribution is -2.61. The van der Waals surface area contributed by atoms with Gasteiger partial charge in [-0.1, -0.05) is 19.4 Å². The molecule has 5 nitrogen and oxygen atoms in total. The number of carbonyl (C=O) groups excluding carboxylic acids is 1. The van der Waals surface area contributed by atoms with Crippen molar-refractivity contribution in [2.24, 2.45) is 0 Å². The minimum absolute atomic E-state index is 0.0865. The normalized spacial score (nSPS) is 18.3. The molecule has 0 radical (unpaired) electrons. The number of ether oxygens (including phenoxy) is 1. The molecular formula is C23H28FN3O2. The zero-order valence-corrected chi connectivity index (χ0v) is 16.8. The fraction of sp³-hybridized carbons (Fsp3) is 0.435. The minimum Gasteiger partial charge on any atom is -0.494 e. The van der Waals surface area contributed by atoms with Crippen molar-refractivity contribution in [3.63, 3.8) is 0 Å². The lowest BCUT2D eigenvalue weighted by molar-refractivity contribution is 0.142. The Labute approximate surface area is 171 Å². The smallest absolute Gasteiger partial charge is 0.321 e. The first kappa shape index (κ1) is 19.7. The third-order valence-corrected chi connectivity index (χ3v) is 5.66. The van der Waals surface area contributed by atoms with Crippen molar-refractivity contribution in [1.82, 2.24) is 10.2 Å². The summed E-state index contributed by atoms with van der Waals surface area (Å²) < 4.78 is 19.0. The number of fused-ring (bicyclic) bond motifs is 1. The number of benzene rings is 2. The van der Waals surface area contributed by atoms with E-state index in [1.807, 2.05) is 30.3 Å². The summed E-state index contributed by atoms with van der Waals surface area (Å²) in [5.74, 6) is 0.651. The van der Waals surface area contributed by atoms with E-state index in [9.17, 15) is 9.18 Å². The molecule has 2 aromatic carbocycles. The van der Waals surface area contributed by atoms with Gasteiger partial charge in [-0.3, -0.25) is 0 Å². The number of rotatable bonds is 7. The Morgan fingerprint density at radius 2 is 2.00 bits per heavy atom. The van der Waals surface area contributed by atoms with E-state index in [-0.39, 0.29) is 23.9 Å². The van der Waals surface area contributed by atoms with Gasteiger partial charge in [-0.15, -0.1) is 0 Å². The monoisotopic (exact) mass is 397 g/mol. The fourth-order valence-corrected chi connectivity index (χ4v) is 3.96. The predicted octanol–water partition coefficient (Wildman–Crippen LogP) is 4.50. The van der Waals surface area contributed by atoms with E-state index >= 15 is 0 Å². The number of aryl methyl sites for hydroxylation is 1. The first-order valence-corrected chi connectivity index (χ1v) is 10.5. The lowest BCUT2D eigenvalue weighted by atomic mass is 10.0. The number of anilines is 1. The fourth-order valence-electron chi connectivity index (χ4n) is 3.96. The van der Waals surface area contributed by atoms with Crippen LogP contribution < -0.4 is 15.4 Å². The van der Waals surface area contributed by atoms with Gasteiger partial charge in [0.15, 0.2) is 0 Å². The van der Waals surface area contributed by atoms with E-state index in [4.69, 9.17) is 4.74 Å². The van der Waals surface area contributed by atoms with Crippen molar-refractivity contribution >= 4 is 11.7 Å². The number of hydrogen-bond acceptors (Lipinski definition) is 3. The van der Waals surface area contributed by atoms with Gasteiger partial charge in [0.05, 0.1) is 6.61 Å². The molecule has 0 saturated carbocycles. The Hall–Kier alpha value is -2.60. The molecule has 0 bridgehead atoms. The Balaban J connectivity index is 1.22. The molecule has 1 atom stereocenters. The Bertz CT molecular complexity index is 850. The Morgan fingerprint density at radius 3 is 2.76 bits per heavy atom. The molecule has 1 fully saturated rings. The van der Waals surface area contributed by atoms with Crippen LogP contribution in [0.3, 0.4) is 0 Å². The quantitative estimate of drug-likeness (QED) is 0.677. The third-order valence-electron chi connectivity index (χ3n) is 5.66. The van der Waals surface area contributed by atoms with Crippen LogP contribution in [-0.2, 0) is 6.42 Å². The summed E-state index contributed by atoms with van der Waals surface area (Å²) in [4.78, 5) is 14.2. The summed E-state index contributed by atoms with van der Waals surface area (Å²) in [7, 11) is 0. The predicted molar refractivity (Wildman–Crippen MR) is 112 cm³/mol. The van der Waals surface area contributed by atoms with Crippen molar-refractivity contribution in [2.75, 3.05) is 25.0 Å². The van der Waals surface area contributed by atoms with Crippen molar-refractivity contribution in [3.8, 4) is 5.75 Å². The Morgan fingerprint density at radius 1 is 1.21 bits per heavy atom. The lowest BCUT2D eigenvalue weighted by Gasteiger charge is -2.41. The second kappa shape index (κ2) is 8.82. The highest BCUT2D eigenvalue weighted by atomic mass is 19.1. The van der Waals surface area contributed by atoms with Crippen LogP contribution in [0.2, 0.25) is 0 Å². The van der Waals surface area contributed by atoms with E-state index in [0.29, 0.717) is 19.7 Å². The van der Waals surface area contributed by atoms with Gasteiger partial charge in [0.2, 0.25) is 0 Å². The minimum atomic E-state index is -0.170. The van der Waals surface area contributed by atoms with Crippen LogP contribution in [0.5, 0.6) is 5.75 Å². The molecule has 0 spiro atoms. The highest BCUT2D eigenvalue weighted by Gasteiger charge is 2.34. The van der Waals surface area contributed by atoms with Gasteiger partial charge in [-0.2, -0.15) is 0 Å². The average Bonchev–Trinajstić information content (AvgIpc) is 3.07. The van der Waals surface area contributed by atoms with Gasteiger partial charge in [0, 0.05) is 30.9 Å². The second-order valence-corrected chi connectivity index (χ2v) is 7.86. The highest BCUT2D eigenvalue weighted by Crippen LogP contribution is 2.32. The van der Waals surface area contributed by atoms with Gasteiger partial charge >= 0.3 is 6.03 Å². The summed E-state index contributed by atoms with van der Waals surface area (Å²) in [5, 5.41) is 6.55. The number of carbonyl (C=O) groups is 1. The summed E-state index contributed by atoms with van der Waals surface area (Å²) in [6, 6.07) is 13.0. The topological polar surface area (TPSA) is 53.6 Å². The molecule has 0 aromatic heterocycles. The summed E-state index contributed by atoms with van der Waals surface area (Å²) >= 11 is 0. The molecule has 2 amide bonds. The number of halogens is 1. The van der Waals surface area contributed by atoms with Crippen LogP contribution in [0.15, 0.2) is 42.5 Å². The number of urea groups is 1. The molecule has 1 aliphatic heterocycles. The van der Waals surface area contributed by atoms with Gasteiger partial charge in [-0.25, -0.2) is 9.18 Å². The van der Waals surface area contributed by atoms with Gasteiger partial charge < -0.3 is 20.3 Å². The molecule has 29 heavy (non-hydrogen) atoms. The van der Waals surface area contributed by atoms with Crippen LogP contribution in [0.1, 0.15) is 43.4 Å². The third kappa shape index (κ3) is 4.70. The molecule has 1 aliphatic carbocycles. The van der Waals surface area contributed by atoms with Crippen molar-refractivity contribution in [3.05, 3.63) is 59.4 Å². The maximum Gasteiger partial charge on any atom is 0.321 e. The molecule has 1 saturated heterocycles. The molecule has 2 aromatic rings. The molecule has 2 aliphatic rings. The maximum atomic E-state index is 13.4. The van der Waals surface area contributed by atoms with Crippen LogP contribution in [-0.4, -0.2) is 36.7 Å². The summed E-state index contributed by atoms with van der Waals surface area (Å²) in [5.41, 5.74) is 3.05. The molecule has 6 heteroatoms. The van der Waals surface area contributed by atoms with E-state index < -0.39 is 0 Å². The summed E-state index contributed by atoms with van der Waals surface area (Å²) in [6.45, 7) is 4.20. The number of nitrogens with zero attached hydrogens (tertiary/aromatic N) is 1. The van der Waals surface area contributed by atoms with Gasteiger partial charge in [-0.05, 0) is 66.8 Å². The summed E-state index contributed by atoms with van der Waals surface area (Å²) in [6.07, 6.45) is 4.02. The number of nitrogens with one attached hydrogen (secondary N) is 2. The van der Waals surface area contributed by atoms with E-state index in [2.05, 4.69) is 17.6 Å². The number of likely N-dealkylation sites (tertiary alicyclic amines) is 1. The van der Waals surface area contributed by atoms with Gasteiger partial charge in [0.25, 0.3) is 0 Å². The van der Waals surface area contributed by atoms with E-state index in [1.54, 1.807) is 11.0 Å². The van der Waals surface area contributed by atoms with Crippen LogP contribution >= 0.6 is 0 Å². The number of amides is 2. The largest absolute Gasteiger partial charge is 0.494 e. The molecule has 4 rings (SSSR count). The molecule has 154 valence electrons. The van der Waals surface area contributed by atoms with Gasteiger partial charge in [0.1, 0.15) is 11.6 Å². The molecule has 1 heterocycles. The zero-order chi connectivity index (χ0) is 20.2. The maximum absolute atomic E-state index is 13.4. The van der Waals surface area contributed by atoms with Crippen LogP contribution in [0.4, 0.5) is 14.9 Å². The first-order chi connectivity index (χ1) is 14.1. The van der Waals surface area contributed by atoms with E-state index in [1.165, 1.54) is 11.6 Å². The molecular weight excluding hydrogens is 369 g/mol. The van der Waals surface area contributed by atoms with Crippen molar-refractivity contribution in [2.45, 2.75) is 44.7 Å². The molecule has 1 unspecified atom stereocenters. The average molecular weight is 397 g/mol. The van der Waals surface area contributed by atoms with Crippen LogP contribution in [0, 0.1) is 5.82 Å². The number of unbranched alkanes of at least 4 members (excludes halogenated alkanes) is 1. The standard InChI is InChI=1S/C23H28FN3O2/c1-2-3-12-29-20-8-6-18(7-9-20)26-23(28)27-14-19(15-27)25-22-11-4-16-13-17(24)5-10-21(16)22/h5-10,13,19,22,25H,2-4,11-12,14-15H2,1H3,(H,26,28). The SMILES string of the molecule is CCCCOc1ccc(NC(=O)N2CC(NC3CCc4cc(F)ccc43)C2)cc1. The first-order valence-electron chi connectivity index (χ1n) is 10.5. The number of hydrogen-bond donors (Lipinski definition) is 2. The Kier molecular flexibility index (Phi) is 6.00. The van der Waals surface area contributed by atoms with Crippen LogP contribution in [0.25, 0.3) is 0 Å². The zero-order valence-electron chi connectivity index (χ0n) is 16.8. The highest BCUT2D eigenvalue weighted by molar-refractivity contribution is 5.90. The van der Waals surface area contributed by atoms with Crippen molar-refractivity contribution < 1.29 is 13.9 Å².